The lowest BCUT2D eigenvalue weighted by Crippen LogP contribution is -2.19. The standard InChI is InChI=1S/C13H10ClN3.C13H10FN3.2C10H16N2O4.C2H6/c2*1-9-8-15-13-7-6-12(16-17(9)13)10-4-2-3-5-11(10)14;2*1-3-8(12-7-14)4-10(11-2)16-6-9(15)5-13;1-2/h2*2-8H,1H3;2*3-4,7,9,13,15H,2,5-6H2,1H3,(H,12,14);1-2H3/b;;2*8-3+,10-4+;. The zero-order valence-electron chi connectivity index (χ0n) is 38.7. The van der Waals surface area contributed by atoms with Gasteiger partial charge in [0, 0.05) is 34.7 Å². The minimum atomic E-state index is -0.974. The number of benzene rings is 2. The molecule has 20 heteroatoms. The number of aromatic nitrogens is 6. The Morgan fingerprint density at radius 3 is 1.51 bits per heavy atom. The second-order valence-electron chi connectivity index (χ2n) is 13.3. The van der Waals surface area contributed by atoms with Gasteiger partial charge in [0.15, 0.2) is 11.3 Å². The van der Waals surface area contributed by atoms with Crippen molar-refractivity contribution in [2.75, 3.05) is 26.4 Å². The fourth-order valence-corrected chi connectivity index (χ4v) is 5.39. The molecule has 68 heavy (non-hydrogen) atoms. The lowest BCUT2D eigenvalue weighted by molar-refractivity contribution is -0.109. The number of aliphatic hydroxyl groups excluding tert-OH is 4. The number of aliphatic hydroxyl groups is 4. The number of hydrogen-bond donors (Lipinski definition) is 6. The summed E-state index contributed by atoms with van der Waals surface area (Å²) >= 11 is 6.16. The van der Waals surface area contributed by atoms with Crippen LogP contribution in [-0.4, -0.2) is 115 Å². The van der Waals surface area contributed by atoms with Crippen LogP contribution < -0.4 is 10.6 Å². The van der Waals surface area contributed by atoms with Crippen LogP contribution in [0.4, 0.5) is 4.39 Å². The summed E-state index contributed by atoms with van der Waals surface area (Å²) < 4.78 is 27.3. The van der Waals surface area contributed by atoms with Crippen LogP contribution in [0.1, 0.15) is 39.1 Å². The third-order valence-electron chi connectivity index (χ3n) is 8.58. The van der Waals surface area contributed by atoms with Crippen LogP contribution in [-0.2, 0) is 19.1 Å². The number of allylic oxidation sites excluding steroid dienone is 4. The highest BCUT2D eigenvalue weighted by Crippen LogP contribution is 2.26. The summed E-state index contributed by atoms with van der Waals surface area (Å²) in [6, 6.07) is 21.8. The number of carbonyl (C=O) groups is 2. The summed E-state index contributed by atoms with van der Waals surface area (Å²) in [7, 11) is 0. The fourth-order valence-electron chi connectivity index (χ4n) is 5.15. The van der Waals surface area contributed by atoms with Gasteiger partial charge in [0.25, 0.3) is 0 Å². The summed E-state index contributed by atoms with van der Waals surface area (Å²) in [6.07, 6.45) is 8.83. The highest BCUT2D eigenvalue weighted by atomic mass is 35.5. The zero-order valence-corrected chi connectivity index (χ0v) is 39.5. The fraction of sp³-hybridized carbons (Fsp3) is 0.250. The number of aryl methyl sites for hydroxylation is 2. The van der Waals surface area contributed by atoms with Crippen molar-refractivity contribution in [1.29, 1.82) is 0 Å². The molecular formula is C48H58ClFN10O8. The molecule has 0 saturated heterocycles. The minimum absolute atomic E-state index is 0.0978. The van der Waals surface area contributed by atoms with Crippen molar-refractivity contribution < 1.29 is 43.9 Å². The van der Waals surface area contributed by atoms with Crippen molar-refractivity contribution in [3.8, 4) is 22.5 Å². The van der Waals surface area contributed by atoms with Gasteiger partial charge in [-0.25, -0.2) is 33.4 Å². The van der Waals surface area contributed by atoms with E-state index < -0.39 is 25.4 Å². The molecule has 0 saturated carbocycles. The van der Waals surface area contributed by atoms with Crippen LogP contribution in [0, 0.1) is 19.7 Å². The van der Waals surface area contributed by atoms with Gasteiger partial charge in [0.2, 0.25) is 24.6 Å². The van der Waals surface area contributed by atoms with E-state index in [0.717, 1.165) is 33.9 Å². The van der Waals surface area contributed by atoms with E-state index in [-0.39, 0.29) is 30.8 Å². The first-order valence-electron chi connectivity index (χ1n) is 20.9. The maximum absolute atomic E-state index is 13.6. The second-order valence-corrected chi connectivity index (χ2v) is 13.7. The van der Waals surface area contributed by atoms with Gasteiger partial charge in [-0.1, -0.05) is 67.9 Å². The predicted molar refractivity (Wildman–Crippen MR) is 262 cm³/mol. The number of amides is 2. The van der Waals surface area contributed by atoms with E-state index >= 15 is 0 Å². The topological polar surface area (TPSA) is 243 Å². The normalized spacial score (nSPS) is 12.2. The number of carbonyl (C=O) groups excluding carboxylic acids is 2. The number of nitrogens with one attached hydrogen (secondary N) is 2. The molecule has 0 aliphatic rings. The first kappa shape index (κ1) is 56.7. The van der Waals surface area contributed by atoms with E-state index in [9.17, 15) is 14.0 Å². The Morgan fingerprint density at radius 1 is 0.721 bits per heavy atom. The number of halogens is 2. The smallest absolute Gasteiger partial charge is 0.214 e. The predicted octanol–water partition coefficient (Wildman–Crippen LogP) is 6.32. The number of aliphatic imine (C=N–C) groups is 2. The molecule has 0 bridgehead atoms. The Labute approximate surface area is 399 Å². The molecule has 0 aliphatic heterocycles. The zero-order chi connectivity index (χ0) is 50.4. The van der Waals surface area contributed by atoms with Crippen molar-refractivity contribution in [2.45, 2.75) is 53.8 Å². The molecule has 4 heterocycles. The van der Waals surface area contributed by atoms with Crippen LogP contribution in [0.5, 0.6) is 0 Å². The first-order chi connectivity index (χ1) is 32.9. The molecule has 2 unspecified atom stereocenters. The number of imidazole rings is 2. The lowest BCUT2D eigenvalue weighted by Gasteiger charge is -2.10. The van der Waals surface area contributed by atoms with E-state index in [1.165, 1.54) is 18.2 Å². The Kier molecular flexibility index (Phi) is 26.3. The van der Waals surface area contributed by atoms with Crippen molar-refractivity contribution in [2.24, 2.45) is 9.98 Å². The molecule has 6 rings (SSSR count). The Balaban J connectivity index is 0.000000308. The van der Waals surface area contributed by atoms with Crippen LogP contribution in [0.25, 0.3) is 33.8 Å². The highest BCUT2D eigenvalue weighted by molar-refractivity contribution is 6.33. The third-order valence-corrected chi connectivity index (χ3v) is 8.91. The van der Waals surface area contributed by atoms with Gasteiger partial charge in [0.1, 0.15) is 31.2 Å². The molecule has 6 aromatic rings. The second kappa shape index (κ2) is 31.5. The van der Waals surface area contributed by atoms with Gasteiger partial charge in [0.05, 0.1) is 53.4 Å². The molecule has 2 aromatic carbocycles. The van der Waals surface area contributed by atoms with Gasteiger partial charge in [-0.05, 0) is 83.6 Å². The Hall–Kier alpha value is -7.42. The third kappa shape index (κ3) is 18.5. The van der Waals surface area contributed by atoms with Gasteiger partial charge in [-0.2, -0.15) is 10.2 Å². The van der Waals surface area contributed by atoms with Crippen LogP contribution in [0.15, 0.2) is 143 Å². The molecular weight excluding hydrogens is 899 g/mol. The molecule has 0 radical (unpaired) electrons. The highest BCUT2D eigenvalue weighted by Gasteiger charge is 2.10. The van der Waals surface area contributed by atoms with Crippen molar-refractivity contribution >= 4 is 49.2 Å². The minimum Gasteiger partial charge on any atom is -0.475 e. The maximum Gasteiger partial charge on any atom is 0.214 e. The van der Waals surface area contributed by atoms with Crippen molar-refractivity contribution in [3.63, 3.8) is 0 Å². The first-order valence-corrected chi connectivity index (χ1v) is 21.3. The van der Waals surface area contributed by atoms with E-state index in [4.69, 9.17) is 41.5 Å². The van der Waals surface area contributed by atoms with Gasteiger partial charge in [-0.15, -0.1) is 0 Å². The summed E-state index contributed by atoms with van der Waals surface area (Å²) in [6.45, 7) is 16.9. The molecule has 2 atom stereocenters. The summed E-state index contributed by atoms with van der Waals surface area (Å²) in [5.74, 6) is 0.0296. The average Bonchev–Trinajstić information content (AvgIpc) is 3.94. The van der Waals surface area contributed by atoms with Crippen LogP contribution in [0.2, 0.25) is 5.02 Å². The van der Waals surface area contributed by atoms with E-state index in [1.807, 2.05) is 74.7 Å². The van der Waals surface area contributed by atoms with Crippen molar-refractivity contribution in [1.82, 2.24) is 39.8 Å². The molecule has 2 amide bonds. The maximum atomic E-state index is 13.6. The molecule has 18 nitrogen and oxygen atoms in total. The molecule has 0 fully saturated rings. The SMILES string of the molecule is C=N/C(=C\C(=C/C)NC=O)OCC(O)CO.C=N/C(=C\C(=C/C)NC=O)OCC(O)CO.CC.Cc1cnc2ccc(-c3ccccc3Cl)nn12.Cc1cnc2ccc(-c3ccccc3F)nn12. The monoisotopic (exact) mass is 956 g/mol. The Morgan fingerprint density at radius 2 is 1.13 bits per heavy atom. The number of nitrogens with zero attached hydrogens (tertiary/aromatic N) is 8. The number of ether oxygens (including phenoxy) is 2. The van der Waals surface area contributed by atoms with Gasteiger partial charge >= 0.3 is 0 Å². The number of rotatable bonds is 18. The average molecular weight is 958 g/mol. The largest absolute Gasteiger partial charge is 0.475 e. The lowest BCUT2D eigenvalue weighted by atomic mass is 10.1. The van der Waals surface area contributed by atoms with E-state index in [2.05, 4.69) is 54.2 Å². The molecule has 0 aliphatic carbocycles. The molecule has 4 aromatic heterocycles. The summed E-state index contributed by atoms with van der Waals surface area (Å²) in [5, 5.41) is 49.7. The number of hydrogen-bond acceptors (Lipinski definition) is 14. The Bertz CT molecular complexity index is 2470. The quantitative estimate of drug-likeness (QED) is 0.0240. The summed E-state index contributed by atoms with van der Waals surface area (Å²) in [5.41, 5.74) is 7.44. The van der Waals surface area contributed by atoms with E-state index in [1.54, 1.807) is 67.2 Å². The molecule has 6 N–H and O–H groups in total. The van der Waals surface area contributed by atoms with Crippen molar-refractivity contribution in [3.05, 3.63) is 155 Å². The molecule has 362 valence electrons. The van der Waals surface area contributed by atoms with E-state index in [0.29, 0.717) is 40.5 Å². The van der Waals surface area contributed by atoms with Gasteiger partial charge in [-0.3, -0.25) is 9.59 Å². The van der Waals surface area contributed by atoms with Crippen LogP contribution in [0.3, 0.4) is 0 Å². The summed E-state index contributed by atoms with van der Waals surface area (Å²) in [4.78, 5) is 36.0. The van der Waals surface area contributed by atoms with Gasteiger partial charge < -0.3 is 40.5 Å². The van der Waals surface area contributed by atoms with Crippen LogP contribution >= 0.6 is 11.6 Å². The molecule has 0 spiro atoms. The number of fused-ring (bicyclic) bond motifs is 2.